The zero-order valence-electron chi connectivity index (χ0n) is 8.39. The average Bonchev–Trinajstić information content (AvgIpc) is 2.08. The number of rotatable bonds is 1. The van der Waals surface area contributed by atoms with Crippen LogP contribution in [0.3, 0.4) is 0 Å². The fourth-order valence-electron chi connectivity index (χ4n) is 2.11. The summed E-state index contributed by atoms with van der Waals surface area (Å²) in [6.45, 7) is 4.41. The summed E-state index contributed by atoms with van der Waals surface area (Å²) in [6, 6.07) is 0. The number of hydrogen-bond acceptors (Lipinski definition) is 2. The molecule has 0 spiro atoms. The van der Waals surface area contributed by atoms with Crippen LogP contribution in [-0.2, 0) is 0 Å². The Bertz CT molecular complexity index is 136. The van der Waals surface area contributed by atoms with Crippen molar-refractivity contribution < 1.29 is 0 Å². The Morgan fingerprint density at radius 2 is 1.82 bits per heavy atom. The van der Waals surface area contributed by atoms with Gasteiger partial charge in [-0.3, -0.25) is 0 Å². The van der Waals surface area contributed by atoms with E-state index in [-0.39, 0.29) is 0 Å². The minimum absolute atomic E-state index is 0.802. The van der Waals surface area contributed by atoms with E-state index in [2.05, 4.69) is 36.8 Å². The van der Waals surface area contributed by atoms with Crippen LogP contribution in [-0.4, -0.2) is 47.2 Å². The second-order valence-corrected chi connectivity index (χ2v) is 18.2. The molecule has 1 heterocycles. The van der Waals surface area contributed by atoms with E-state index in [1.54, 1.807) is 0 Å². The number of hydrogen-bond donors (Lipinski definition) is 0. The van der Waals surface area contributed by atoms with Crippen LogP contribution in [0.15, 0.2) is 0 Å². The van der Waals surface area contributed by atoms with Gasteiger partial charge in [0.2, 0.25) is 0 Å². The van der Waals surface area contributed by atoms with Gasteiger partial charge in [0.25, 0.3) is 0 Å². The fourth-order valence-corrected chi connectivity index (χ4v) is 9.46. The molecule has 1 aliphatic heterocycles. The fraction of sp³-hybridized carbons (Fsp3) is 1.00. The Labute approximate surface area is 75.2 Å². The summed E-state index contributed by atoms with van der Waals surface area (Å²) in [6.07, 6.45) is 1.35. The molecule has 1 aliphatic rings. The van der Waals surface area contributed by atoms with Crippen LogP contribution in [0.25, 0.3) is 0 Å². The molecule has 0 N–H and O–H groups in total. The molecule has 11 heavy (non-hydrogen) atoms. The van der Waals surface area contributed by atoms with E-state index in [1.165, 1.54) is 12.9 Å². The molecule has 64 valence electrons. The van der Waals surface area contributed by atoms with Crippen molar-refractivity contribution in [2.45, 2.75) is 28.0 Å². The van der Waals surface area contributed by atoms with E-state index < -0.39 is 18.7 Å². The second kappa shape index (κ2) is 3.26. The molecule has 0 atom stereocenters. The van der Waals surface area contributed by atoms with Gasteiger partial charge in [0.05, 0.1) is 0 Å². The third-order valence-corrected chi connectivity index (χ3v) is 8.50. The van der Waals surface area contributed by atoms with Gasteiger partial charge in [-0.1, -0.05) is 0 Å². The van der Waals surface area contributed by atoms with Crippen molar-refractivity contribution in [1.29, 1.82) is 0 Å². The molecule has 1 rings (SSSR count). The maximum atomic E-state index is 2.68. The van der Waals surface area contributed by atoms with Crippen molar-refractivity contribution >= 4 is 25.5 Å². The Hall–Kier alpha value is 0.784. The third kappa shape index (κ3) is 2.13. The quantitative estimate of drug-likeness (QED) is 0.661. The molecule has 0 aromatic heterocycles. The monoisotopic (exact) mass is 262 g/mol. The molecule has 0 amide bonds. The molecule has 2 nitrogen and oxygen atoms in total. The molecule has 0 radical (unpaired) electrons. The van der Waals surface area contributed by atoms with Gasteiger partial charge < -0.3 is 0 Å². The first kappa shape index (κ1) is 9.87. The summed E-state index contributed by atoms with van der Waals surface area (Å²) >= 11 is -1.79. The summed E-state index contributed by atoms with van der Waals surface area (Å²) in [4.78, 5) is 7.44. The molecule has 1 fully saturated rings. The Kier molecular flexibility index (Phi) is 2.93. The zero-order chi connectivity index (χ0) is 8.65. The van der Waals surface area contributed by atoms with Gasteiger partial charge in [-0.25, -0.2) is 0 Å². The van der Waals surface area contributed by atoms with Crippen molar-refractivity contribution in [2.75, 3.05) is 13.6 Å². The van der Waals surface area contributed by atoms with Crippen molar-refractivity contribution in [2.24, 2.45) is 0 Å². The molecular formula is C7H19BN2Sn. The average molecular weight is 261 g/mol. The first-order chi connectivity index (χ1) is 4.93. The summed E-state index contributed by atoms with van der Waals surface area (Å²) in [5, 5.41) is 2.43. The van der Waals surface area contributed by atoms with Crippen LogP contribution in [0.2, 0.25) is 28.0 Å². The third-order valence-electron chi connectivity index (χ3n) is 2.34. The van der Waals surface area contributed by atoms with Gasteiger partial charge in [0.15, 0.2) is 0 Å². The second-order valence-electron chi connectivity index (χ2n) is 4.53. The van der Waals surface area contributed by atoms with E-state index >= 15 is 0 Å². The molecule has 0 bridgehead atoms. The van der Waals surface area contributed by atoms with Crippen molar-refractivity contribution in [3.05, 3.63) is 0 Å². The van der Waals surface area contributed by atoms with Crippen molar-refractivity contribution in [1.82, 2.24) is 8.15 Å². The van der Waals surface area contributed by atoms with Crippen LogP contribution in [0.1, 0.15) is 0 Å². The number of hydrazine groups is 1. The van der Waals surface area contributed by atoms with E-state index in [0.29, 0.717) is 0 Å². The van der Waals surface area contributed by atoms with Gasteiger partial charge in [-0.15, -0.1) is 0 Å². The van der Waals surface area contributed by atoms with Gasteiger partial charge in [-0.2, -0.15) is 0 Å². The van der Waals surface area contributed by atoms with Crippen LogP contribution >= 0.6 is 0 Å². The molecule has 4 heteroatoms. The standard InChI is InChI=1S/C4H10BN2.3CH3.Sn/c1-5-3-4-7(2)6-5;;;;/h3-4H2,1-2H3;3*1H3;/q-1;;;;+1. The normalized spacial score (nSPS) is 23.2. The first-order valence-corrected chi connectivity index (χ1v) is 14.3. The molecule has 0 aromatic rings. The molecule has 0 aromatic carbocycles. The van der Waals surface area contributed by atoms with Gasteiger partial charge in [0.1, 0.15) is 0 Å². The van der Waals surface area contributed by atoms with E-state index in [1.807, 2.05) is 0 Å². The van der Waals surface area contributed by atoms with E-state index in [9.17, 15) is 0 Å². The summed E-state index contributed by atoms with van der Waals surface area (Å²) in [7, 11) is 2.23. The first-order valence-electron chi connectivity index (χ1n) is 4.43. The van der Waals surface area contributed by atoms with E-state index in [4.69, 9.17) is 0 Å². The molecule has 0 unspecified atom stereocenters. The minimum atomic E-state index is -1.79. The van der Waals surface area contributed by atoms with Crippen LogP contribution in [0.5, 0.6) is 0 Å². The topological polar surface area (TPSA) is 6.48 Å². The Morgan fingerprint density at radius 3 is 2.00 bits per heavy atom. The van der Waals surface area contributed by atoms with Crippen LogP contribution < -0.4 is 0 Å². The molecule has 0 saturated carbocycles. The summed E-state index contributed by atoms with van der Waals surface area (Å²) in [5.41, 5.74) is 0. The van der Waals surface area contributed by atoms with Crippen molar-refractivity contribution in [3.63, 3.8) is 0 Å². The van der Waals surface area contributed by atoms with Crippen LogP contribution in [0.4, 0.5) is 0 Å². The van der Waals surface area contributed by atoms with E-state index in [0.717, 1.165) is 6.85 Å². The predicted octanol–water partition coefficient (Wildman–Crippen LogP) is 1.60. The summed E-state index contributed by atoms with van der Waals surface area (Å²) in [5.74, 6) is 0. The Morgan fingerprint density at radius 1 is 1.27 bits per heavy atom. The Balaban J connectivity index is 2.69. The van der Waals surface area contributed by atoms with Gasteiger partial charge >= 0.3 is 75.2 Å². The maximum absolute atomic E-state index is 2.68. The predicted molar refractivity (Wildman–Crippen MR) is 54.2 cm³/mol. The van der Waals surface area contributed by atoms with Crippen molar-refractivity contribution in [3.8, 4) is 0 Å². The molecule has 0 aliphatic carbocycles. The van der Waals surface area contributed by atoms with Gasteiger partial charge in [0, 0.05) is 0 Å². The molecular weight excluding hydrogens is 242 g/mol. The SMILES string of the molecule is CB1CCN(C)[N]1[Sn]([CH3])([CH3])[CH3]. The van der Waals surface area contributed by atoms with Gasteiger partial charge in [-0.05, 0) is 0 Å². The zero-order valence-corrected chi connectivity index (χ0v) is 11.2. The summed E-state index contributed by atoms with van der Waals surface area (Å²) < 4.78 is 2.68. The van der Waals surface area contributed by atoms with Crippen LogP contribution in [0, 0.1) is 0 Å². The molecule has 1 saturated heterocycles. The number of nitrogens with zero attached hydrogens (tertiary/aromatic N) is 2.